The van der Waals surface area contributed by atoms with Gasteiger partial charge in [0.1, 0.15) is 0 Å². The third kappa shape index (κ3) is 4.02. The number of aliphatic imine (C=N–C) groups is 1. The molecule has 0 spiro atoms. The number of amides is 1. The van der Waals surface area contributed by atoms with Gasteiger partial charge in [0.2, 0.25) is 0 Å². The van der Waals surface area contributed by atoms with E-state index >= 15 is 0 Å². The number of hydrogen-bond donors (Lipinski definition) is 1. The van der Waals surface area contributed by atoms with Gasteiger partial charge in [0.15, 0.2) is 0 Å². The summed E-state index contributed by atoms with van der Waals surface area (Å²) in [6, 6.07) is 14.7. The number of carbonyl (C=O) groups is 1. The van der Waals surface area contributed by atoms with Crippen LogP contribution in [0.25, 0.3) is 0 Å². The zero-order valence-electron chi connectivity index (χ0n) is 16.7. The van der Waals surface area contributed by atoms with Gasteiger partial charge < -0.3 is 5.32 Å². The molecule has 4 heteroatoms. The Bertz CT molecular complexity index is 899. The SMILES string of the molecule is CCC(C)NC(=O)c1ccc2c(c1)N=C(C1CCCCC1)c1ccccc1S2. The Balaban J connectivity index is 1.74. The van der Waals surface area contributed by atoms with E-state index in [2.05, 4.69) is 42.6 Å². The van der Waals surface area contributed by atoms with Gasteiger partial charge in [-0.25, -0.2) is 0 Å². The van der Waals surface area contributed by atoms with E-state index in [-0.39, 0.29) is 11.9 Å². The predicted octanol–water partition coefficient (Wildman–Crippen LogP) is 6.38. The van der Waals surface area contributed by atoms with E-state index in [1.54, 1.807) is 11.8 Å². The normalized spacial score (nSPS) is 17.7. The van der Waals surface area contributed by atoms with Gasteiger partial charge in [-0.1, -0.05) is 56.1 Å². The van der Waals surface area contributed by atoms with Crippen molar-refractivity contribution in [3.05, 3.63) is 53.6 Å². The lowest BCUT2D eigenvalue weighted by Gasteiger charge is -2.24. The number of carbonyl (C=O) groups excluding carboxylic acids is 1. The molecule has 0 aromatic heterocycles. The maximum Gasteiger partial charge on any atom is 0.251 e. The summed E-state index contributed by atoms with van der Waals surface area (Å²) in [4.78, 5) is 20.2. The van der Waals surface area contributed by atoms with Gasteiger partial charge in [-0.2, -0.15) is 0 Å². The fourth-order valence-corrected chi connectivity index (χ4v) is 5.02. The average Bonchev–Trinajstić information content (AvgIpc) is 2.90. The first-order chi connectivity index (χ1) is 13.7. The molecular weight excluding hydrogens is 364 g/mol. The van der Waals surface area contributed by atoms with Crippen LogP contribution in [0.2, 0.25) is 0 Å². The monoisotopic (exact) mass is 392 g/mol. The van der Waals surface area contributed by atoms with E-state index in [1.165, 1.54) is 48.3 Å². The van der Waals surface area contributed by atoms with Gasteiger partial charge in [-0.15, -0.1) is 0 Å². The first-order valence-electron chi connectivity index (χ1n) is 10.5. The number of benzene rings is 2. The van der Waals surface area contributed by atoms with Crippen molar-refractivity contribution in [1.29, 1.82) is 0 Å². The predicted molar refractivity (Wildman–Crippen MR) is 117 cm³/mol. The molecule has 1 aliphatic carbocycles. The fourth-order valence-electron chi connectivity index (χ4n) is 4.00. The van der Waals surface area contributed by atoms with Gasteiger partial charge in [0.25, 0.3) is 5.91 Å². The summed E-state index contributed by atoms with van der Waals surface area (Å²) in [6.07, 6.45) is 7.23. The molecule has 2 aromatic carbocycles. The highest BCUT2D eigenvalue weighted by Gasteiger charge is 2.26. The smallest absolute Gasteiger partial charge is 0.251 e. The molecule has 0 radical (unpaired) electrons. The summed E-state index contributed by atoms with van der Waals surface area (Å²) >= 11 is 1.76. The van der Waals surface area contributed by atoms with Gasteiger partial charge in [-0.3, -0.25) is 9.79 Å². The molecule has 0 bridgehead atoms. The lowest BCUT2D eigenvalue weighted by Crippen LogP contribution is -2.31. The Morgan fingerprint density at radius 3 is 2.71 bits per heavy atom. The van der Waals surface area contributed by atoms with Crippen molar-refractivity contribution in [2.75, 3.05) is 0 Å². The molecule has 2 aromatic rings. The minimum atomic E-state index is -0.0154. The van der Waals surface area contributed by atoms with Gasteiger partial charge in [0.05, 0.1) is 11.4 Å². The zero-order chi connectivity index (χ0) is 19.5. The van der Waals surface area contributed by atoms with Crippen LogP contribution in [0, 0.1) is 5.92 Å². The van der Waals surface area contributed by atoms with Gasteiger partial charge in [-0.05, 0) is 50.5 Å². The van der Waals surface area contributed by atoms with Crippen molar-refractivity contribution >= 4 is 29.1 Å². The number of nitrogens with one attached hydrogen (secondary N) is 1. The van der Waals surface area contributed by atoms with E-state index in [1.807, 2.05) is 19.1 Å². The van der Waals surface area contributed by atoms with Crippen molar-refractivity contribution in [3.63, 3.8) is 0 Å². The Morgan fingerprint density at radius 2 is 1.93 bits per heavy atom. The molecule has 1 saturated carbocycles. The van der Waals surface area contributed by atoms with Crippen LogP contribution in [0.5, 0.6) is 0 Å². The van der Waals surface area contributed by atoms with Crippen LogP contribution in [-0.2, 0) is 0 Å². The van der Waals surface area contributed by atoms with E-state index < -0.39 is 0 Å². The first kappa shape index (κ1) is 19.3. The molecular formula is C24H28N2OS. The summed E-state index contributed by atoms with van der Waals surface area (Å²) in [5.74, 6) is 0.498. The molecule has 146 valence electrons. The highest BCUT2D eigenvalue weighted by molar-refractivity contribution is 7.99. The Kier molecular flexibility index (Phi) is 5.86. The molecule has 1 unspecified atom stereocenters. The standard InChI is InChI=1S/C24H28N2OS/c1-3-16(2)25-24(27)18-13-14-22-20(15-18)26-23(17-9-5-4-6-10-17)19-11-7-8-12-21(19)28-22/h7-8,11-17H,3-6,9-10H2,1-2H3,(H,25,27). The first-order valence-corrected chi connectivity index (χ1v) is 11.3. The highest BCUT2D eigenvalue weighted by Crippen LogP contribution is 2.43. The summed E-state index contributed by atoms with van der Waals surface area (Å²) in [5.41, 5.74) is 4.10. The van der Waals surface area contributed by atoms with Crippen LogP contribution in [-0.4, -0.2) is 17.7 Å². The molecule has 2 aliphatic rings. The lowest BCUT2D eigenvalue weighted by atomic mass is 9.83. The number of hydrogen-bond acceptors (Lipinski definition) is 3. The maximum absolute atomic E-state index is 12.6. The van der Waals surface area contributed by atoms with Crippen LogP contribution < -0.4 is 5.32 Å². The number of rotatable bonds is 4. The lowest BCUT2D eigenvalue weighted by molar-refractivity contribution is 0.0939. The van der Waals surface area contributed by atoms with Crippen molar-refractivity contribution in [3.8, 4) is 0 Å². The van der Waals surface area contributed by atoms with Crippen LogP contribution in [0.1, 0.15) is 68.3 Å². The molecule has 1 atom stereocenters. The van der Waals surface area contributed by atoms with E-state index in [0.29, 0.717) is 11.5 Å². The number of nitrogens with zero attached hydrogens (tertiary/aromatic N) is 1. The molecule has 1 N–H and O–H groups in total. The Hall–Kier alpha value is -2.07. The van der Waals surface area contributed by atoms with E-state index in [0.717, 1.165) is 17.0 Å². The van der Waals surface area contributed by atoms with Crippen molar-refractivity contribution in [1.82, 2.24) is 5.32 Å². The maximum atomic E-state index is 12.6. The quantitative estimate of drug-likeness (QED) is 0.656. The highest BCUT2D eigenvalue weighted by atomic mass is 32.2. The fraction of sp³-hybridized carbons (Fsp3) is 0.417. The molecule has 1 heterocycles. The summed E-state index contributed by atoms with van der Waals surface area (Å²) in [7, 11) is 0. The summed E-state index contributed by atoms with van der Waals surface area (Å²) in [5, 5.41) is 3.07. The molecule has 4 rings (SSSR count). The second kappa shape index (κ2) is 8.52. The average molecular weight is 393 g/mol. The molecule has 1 aliphatic heterocycles. The summed E-state index contributed by atoms with van der Waals surface area (Å²) < 4.78 is 0. The van der Waals surface area contributed by atoms with Gasteiger partial charge in [0, 0.05) is 32.9 Å². The van der Waals surface area contributed by atoms with Crippen LogP contribution >= 0.6 is 11.8 Å². The number of fused-ring (bicyclic) bond motifs is 2. The van der Waals surface area contributed by atoms with Crippen molar-refractivity contribution in [2.24, 2.45) is 10.9 Å². The molecule has 3 nitrogen and oxygen atoms in total. The van der Waals surface area contributed by atoms with Crippen LogP contribution in [0.4, 0.5) is 5.69 Å². The largest absolute Gasteiger partial charge is 0.350 e. The van der Waals surface area contributed by atoms with Gasteiger partial charge >= 0.3 is 0 Å². The summed E-state index contributed by atoms with van der Waals surface area (Å²) in [6.45, 7) is 4.11. The van der Waals surface area contributed by atoms with Crippen LogP contribution in [0.3, 0.4) is 0 Å². The zero-order valence-corrected chi connectivity index (χ0v) is 17.5. The topological polar surface area (TPSA) is 41.5 Å². The second-order valence-electron chi connectivity index (χ2n) is 7.90. The van der Waals surface area contributed by atoms with Crippen molar-refractivity contribution in [2.45, 2.75) is 68.2 Å². The second-order valence-corrected chi connectivity index (χ2v) is 8.98. The Labute approximate surface area is 172 Å². The third-order valence-electron chi connectivity index (χ3n) is 5.83. The van der Waals surface area contributed by atoms with E-state index in [4.69, 9.17) is 4.99 Å². The molecule has 1 fully saturated rings. The minimum Gasteiger partial charge on any atom is -0.350 e. The molecule has 28 heavy (non-hydrogen) atoms. The minimum absolute atomic E-state index is 0.0154. The third-order valence-corrected chi connectivity index (χ3v) is 6.97. The van der Waals surface area contributed by atoms with E-state index in [9.17, 15) is 4.79 Å². The molecule has 1 amide bonds. The van der Waals surface area contributed by atoms with Crippen molar-refractivity contribution < 1.29 is 4.79 Å². The Morgan fingerprint density at radius 1 is 1.14 bits per heavy atom. The van der Waals surface area contributed by atoms with Crippen LogP contribution in [0.15, 0.2) is 57.2 Å². The molecule has 0 saturated heterocycles.